The number of anilines is 1. The van der Waals surface area contributed by atoms with Crippen LogP contribution in [0.3, 0.4) is 0 Å². The van der Waals surface area contributed by atoms with Gasteiger partial charge >= 0.3 is 0 Å². The van der Waals surface area contributed by atoms with Crippen molar-refractivity contribution in [3.8, 4) is 0 Å². The van der Waals surface area contributed by atoms with Gasteiger partial charge in [-0.2, -0.15) is 0 Å². The van der Waals surface area contributed by atoms with Crippen LogP contribution in [0.15, 0.2) is 58.7 Å². The lowest BCUT2D eigenvalue weighted by molar-refractivity contribution is -0.113. The highest BCUT2D eigenvalue weighted by atomic mass is 79.9. The normalized spacial score (nSPS) is 10.9. The lowest BCUT2D eigenvalue weighted by Crippen LogP contribution is -2.15. The van der Waals surface area contributed by atoms with E-state index in [2.05, 4.69) is 69.2 Å². The van der Waals surface area contributed by atoms with Crippen molar-refractivity contribution < 1.29 is 4.79 Å². The molecule has 0 saturated heterocycles. The van der Waals surface area contributed by atoms with Gasteiger partial charge in [-0.15, -0.1) is 28.5 Å². The Morgan fingerprint density at radius 2 is 1.84 bits per heavy atom. The van der Waals surface area contributed by atoms with Crippen LogP contribution in [0, 0.1) is 20.8 Å². The van der Waals surface area contributed by atoms with Crippen molar-refractivity contribution in [1.29, 1.82) is 0 Å². The Bertz CT molecular complexity index is 1100. The molecule has 0 spiro atoms. The van der Waals surface area contributed by atoms with Gasteiger partial charge in [0, 0.05) is 16.8 Å². The highest BCUT2D eigenvalue weighted by Gasteiger charge is 2.14. The molecule has 0 bridgehead atoms. The molecule has 1 heterocycles. The summed E-state index contributed by atoms with van der Waals surface area (Å²) in [4.78, 5) is 12.5. The van der Waals surface area contributed by atoms with E-state index < -0.39 is 0 Å². The number of nitrogens with zero attached hydrogens (tertiary/aromatic N) is 3. The first kappa shape index (κ1) is 24.6. The predicted molar refractivity (Wildman–Crippen MR) is 139 cm³/mol. The van der Waals surface area contributed by atoms with E-state index in [4.69, 9.17) is 0 Å². The van der Waals surface area contributed by atoms with Gasteiger partial charge in [-0.05, 0) is 65.5 Å². The monoisotopic (exact) mass is 530 g/mol. The molecule has 32 heavy (non-hydrogen) atoms. The van der Waals surface area contributed by atoms with Crippen molar-refractivity contribution in [2.45, 2.75) is 44.0 Å². The molecule has 0 saturated carbocycles. The number of rotatable bonds is 10. The molecule has 8 heteroatoms. The average molecular weight is 532 g/mol. The van der Waals surface area contributed by atoms with Crippen molar-refractivity contribution in [3.05, 3.63) is 81.6 Å². The molecular weight excluding hydrogens is 504 g/mol. The maximum absolute atomic E-state index is 12.5. The number of aryl methyl sites for hydroxylation is 3. The summed E-state index contributed by atoms with van der Waals surface area (Å²) >= 11 is 6.71. The van der Waals surface area contributed by atoms with Crippen LogP contribution in [0.2, 0.25) is 0 Å². The quantitative estimate of drug-likeness (QED) is 0.245. The van der Waals surface area contributed by atoms with Gasteiger partial charge < -0.3 is 9.88 Å². The third kappa shape index (κ3) is 6.73. The first-order chi connectivity index (χ1) is 15.4. The number of aromatic nitrogens is 3. The molecule has 5 nitrogen and oxygen atoms in total. The minimum absolute atomic E-state index is 0.0811. The summed E-state index contributed by atoms with van der Waals surface area (Å²) in [6, 6.07) is 12.6. The summed E-state index contributed by atoms with van der Waals surface area (Å²) in [5.41, 5.74) is 5.64. The highest BCUT2D eigenvalue weighted by Crippen LogP contribution is 2.27. The zero-order chi connectivity index (χ0) is 23.1. The number of halogens is 1. The molecule has 3 aromatic rings. The third-order valence-corrected chi connectivity index (χ3v) is 7.54. The molecular formula is C24H27BrN4OS2. The van der Waals surface area contributed by atoms with E-state index >= 15 is 0 Å². The first-order valence-electron chi connectivity index (χ1n) is 10.2. The second-order valence-corrected chi connectivity index (χ2v) is 10.3. The number of hydrogen-bond donors (Lipinski definition) is 1. The number of benzene rings is 2. The van der Waals surface area contributed by atoms with Crippen LogP contribution < -0.4 is 5.32 Å². The van der Waals surface area contributed by atoms with E-state index in [1.54, 1.807) is 11.8 Å². The van der Waals surface area contributed by atoms with E-state index in [9.17, 15) is 4.79 Å². The third-order valence-electron chi connectivity index (χ3n) is 4.92. The van der Waals surface area contributed by atoms with Crippen molar-refractivity contribution in [3.63, 3.8) is 0 Å². The van der Waals surface area contributed by atoms with Crippen LogP contribution >= 0.6 is 39.5 Å². The number of carbonyl (C=O) groups excluding carboxylic acids is 1. The van der Waals surface area contributed by atoms with E-state index in [0.717, 1.165) is 38.2 Å². The van der Waals surface area contributed by atoms with Crippen LogP contribution in [0.4, 0.5) is 5.69 Å². The molecule has 2 aromatic carbocycles. The van der Waals surface area contributed by atoms with Gasteiger partial charge in [0.2, 0.25) is 5.91 Å². The Labute approximate surface area is 206 Å². The zero-order valence-corrected chi connectivity index (χ0v) is 21.7. The molecule has 1 amide bonds. The Hall–Kier alpha value is -2.03. The Balaban J connectivity index is 1.58. The van der Waals surface area contributed by atoms with Gasteiger partial charge in [0.15, 0.2) is 5.16 Å². The maximum Gasteiger partial charge on any atom is 0.234 e. The van der Waals surface area contributed by atoms with Crippen LogP contribution in [0.5, 0.6) is 0 Å². The van der Waals surface area contributed by atoms with E-state index in [1.807, 2.05) is 36.6 Å². The zero-order valence-electron chi connectivity index (χ0n) is 18.5. The number of thioether (sulfide) groups is 2. The molecule has 0 fully saturated rings. The van der Waals surface area contributed by atoms with Gasteiger partial charge in [0.05, 0.1) is 17.2 Å². The fourth-order valence-electron chi connectivity index (χ4n) is 2.98. The van der Waals surface area contributed by atoms with Gasteiger partial charge in [-0.3, -0.25) is 4.79 Å². The van der Waals surface area contributed by atoms with Crippen LogP contribution in [0.25, 0.3) is 0 Å². The lowest BCUT2D eigenvalue weighted by atomic mass is 10.1. The van der Waals surface area contributed by atoms with Crippen LogP contribution in [-0.4, -0.2) is 26.4 Å². The Kier molecular flexibility index (Phi) is 9.02. The van der Waals surface area contributed by atoms with Gasteiger partial charge in [-0.25, -0.2) is 0 Å². The van der Waals surface area contributed by atoms with Crippen LogP contribution in [-0.2, 0) is 22.8 Å². The number of amides is 1. The maximum atomic E-state index is 12.5. The molecule has 0 unspecified atom stereocenters. The van der Waals surface area contributed by atoms with E-state index in [1.165, 1.54) is 28.5 Å². The largest absolute Gasteiger partial charge is 0.324 e. The molecule has 0 atom stereocenters. The molecule has 1 N–H and O–H groups in total. The molecule has 0 aliphatic carbocycles. The lowest BCUT2D eigenvalue weighted by Gasteiger charge is -2.11. The minimum Gasteiger partial charge on any atom is -0.324 e. The second-order valence-electron chi connectivity index (χ2n) is 7.53. The van der Waals surface area contributed by atoms with Crippen molar-refractivity contribution in [2.75, 3.05) is 11.1 Å². The number of hydrogen-bond acceptors (Lipinski definition) is 5. The SMILES string of the molecule is C=CCn1c(CSCc2ccc(C)cc2)nnc1SCC(=O)Nc1cc(C)c(C)cc1Br. The summed E-state index contributed by atoms with van der Waals surface area (Å²) in [6.45, 7) is 10.6. The topological polar surface area (TPSA) is 59.8 Å². The molecule has 0 aliphatic heterocycles. The van der Waals surface area contributed by atoms with Gasteiger partial charge in [0.1, 0.15) is 5.82 Å². The molecule has 3 rings (SSSR count). The number of allylic oxidation sites excluding steroid dienone is 1. The average Bonchev–Trinajstić information content (AvgIpc) is 3.14. The molecule has 168 valence electrons. The standard InChI is InChI=1S/C24H27BrN4OS2/c1-5-10-29-22(14-31-13-19-8-6-16(2)7-9-19)27-28-24(29)32-15-23(30)26-21-12-18(4)17(3)11-20(21)25/h5-9,11-12H,1,10,13-15H2,2-4H3,(H,26,30). The molecule has 0 radical (unpaired) electrons. The first-order valence-corrected chi connectivity index (χ1v) is 13.2. The summed E-state index contributed by atoms with van der Waals surface area (Å²) in [5.74, 6) is 2.73. The second kappa shape index (κ2) is 11.7. The summed E-state index contributed by atoms with van der Waals surface area (Å²) < 4.78 is 2.90. The van der Waals surface area contributed by atoms with Crippen LogP contribution in [0.1, 0.15) is 28.1 Å². The molecule has 0 aliphatic rings. The summed E-state index contributed by atoms with van der Waals surface area (Å²) in [6.07, 6.45) is 1.83. The minimum atomic E-state index is -0.0811. The highest BCUT2D eigenvalue weighted by molar-refractivity contribution is 9.10. The summed E-state index contributed by atoms with van der Waals surface area (Å²) in [7, 11) is 0. The Morgan fingerprint density at radius 1 is 1.12 bits per heavy atom. The number of nitrogens with one attached hydrogen (secondary N) is 1. The Morgan fingerprint density at radius 3 is 2.56 bits per heavy atom. The molecule has 1 aromatic heterocycles. The predicted octanol–water partition coefficient (Wildman–Crippen LogP) is 6.32. The smallest absolute Gasteiger partial charge is 0.234 e. The fraction of sp³-hybridized carbons (Fsp3) is 0.292. The van der Waals surface area contributed by atoms with Gasteiger partial charge in [0.25, 0.3) is 0 Å². The number of carbonyl (C=O) groups is 1. The van der Waals surface area contributed by atoms with E-state index in [-0.39, 0.29) is 11.7 Å². The van der Waals surface area contributed by atoms with Crippen molar-refractivity contribution >= 4 is 51.0 Å². The fourth-order valence-corrected chi connectivity index (χ4v) is 5.23. The summed E-state index contributed by atoms with van der Waals surface area (Å²) in [5, 5.41) is 12.4. The van der Waals surface area contributed by atoms with Crippen molar-refractivity contribution in [1.82, 2.24) is 14.8 Å². The van der Waals surface area contributed by atoms with Crippen molar-refractivity contribution in [2.24, 2.45) is 0 Å². The van der Waals surface area contributed by atoms with Gasteiger partial charge in [-0.1, -0.05) is 47.7 Å². The van der Waals surface area contributed by atoms with E-state index in [0.29, 0.717) is 6.54 Å².